The molecule has 0 spiro atoms. The van der Waals surface area contributed by atoms with E-state index in [0.29, 0.717) is 18.0 Å². The van der Waals surface area contributed by atoms with E-state index < -0.39 is 6.09 Å². The number of ether oxygens (including phenoxy) is 2. The van der Waals surface area contributed by atoms with Crippen LogP contribution in [0.25, 0.3) is 0 Å². The molecule has 8 heteroatoms. The summed E-state index contributed by atoms with van der Waals surface area (Å²) in [5, 5.41) is 8.15. The molecule has 2 heterocycles. The van der Waals surface area contributed by atoms with Gasteiger partial charge in [0.25, 0.3) is 0 Å². The minimum atomic E-state index is -0.391. The van der Waals surface area contributed by atoms with E-state index in [0.717, 1.165) is 5.00 Å². The number of anilines is 2. The summed E-state index contributed by atoms with van der Waals surface area (Å²) in [7, 11) is 1.56. The Kier molecular flexibility index (Phi) is 4.85. The van der Waals surface area contributed by atoms with E-state index in [4.69, 9.17) is 9.47 Å². The average molecular weight is 347 g/mol. The first-order chi connectivity index (χ1) is 11.7. The van der Waals surface area contributed by atoms with Crippen LogP contribution < -0.4 is 20.3 Å². The lowest BCUT2D eigenvalue weighted by atomic mass is 10.3. The lowest BCUT2D eigenvalue weighted by molar-refractivity contribution is 0.141. The van der Waals surface area contributed by atoms with E-state index in [1.165, 1.54) is 11.3 Å². The molecular weight excluding hydrogens is 330 g/mol. The molecule has 126 valence electrons. The summed E-state index contributed by atoms with van der Waals surface area (Å²) in [5.41, 5.74) is 0.621. The van der Waals surface area contributed by atoms with Gasteiger partial charge in [-0.15, -0.1) is 11.3 Å². The van der Waals surface area contributed by atoms with Crippen molar-refractivity contribution in [3.05, 3.63) is 41.8 Å². The average Bonchev–Trinajstić information content (AvgIpc) is 3.22. The maximum Gasteiger partial charge on any atom is 0.415 e. The third-order valence-electron chi connectivity index (χ3n) is 3.46. The van der Waals surface area contributed by atoms with Crippen molar-refractivity contribution in [1.29, 1.82) is 0 Å². The molecule has 1 saturated heterocycles. The molecule has 1 aliphatic rings. The SMILES string of the molecule is COc1cccc(NC(=O)NCC2CN(c3cccs3)C(=O)O2)c1. The highest BCUT2D eigenvalue weighted by atomic mass is 32.1. The van der Waals surface area contributed by atoms with Gasteiger partial charge in [-0.05, 0) is 29.6 Å². The second-order valence-corrected chi connectivity index (χ2v) is 6.06. The number of carbonyl (C=O) groups is 2. The molecule has 1 aliphatic heterocycles. The van der Waals surface area contributed by atoms with Crippen molar-refractivity contribution in [3.63, 3.8) is 0 Å². The fourth-order valence-electron chi connectivity index (χ4n) is 2.31. The number of nitrogens with one attached hydrogen (secondary N) is 2. The van der Waals surface area contributed by atoms with Crippen LogP contribution >= 0.6 is 11.3 Å². The van der Waals surface area contributed by atoms with E-state index >= 15 is 0 Å². The van der Waals surface area contributed by atoms with Gasteiger partial charge in [0, 0.05) is 11.8 Å². The van der Waals surface area contributed by atoms with Gasteiger partial charge in [0.1, 0.15) is 16.9 Å². The van der Waals surface area contributed by atoms with Crippen LogP contribution in [-0.2, 0) is 4.74 Å². The van der Waals surface area contributed by atoms with Crippen molar-refractivity contribution >= 4 is 34.1 Å². The highest BCUT2D eigenvalue weighted by Gasteiger charge is 2.32. The van der Waals surface area contributed by atoms with E-state index in [1.54, 1.807) is 36.3 Å². The molecule has 7 nitrogen and oxygen atoms in total. The van der Waals surface area contributed by atoms with Crippen LogP contribution in [0.15, 0.2) is 41.8 Å². The van der Waals surface area contributed by atoms with Crippen LogP contribution in [-0.4, -0.2) is 38.4 Å². The van der Waals surface area contributed by atoms with Crippen LogP contribution in [0, 0.1) is 0 Å². The van der Waals surface area contributed by atoms with Gasteiger partial charge in [-0.2, -0.15) is 0 Å². The number of rotatable bonds is 5. The first-order valence-corrected chi connectivity index (χ1v) is 8.24. The number of hydrogen-bond acceptors (Lipinski definition) is 5. The smallest absolute Gasteiger partial charge is 0.415 e. The van der Waals surface area contributed by atoms with Gasteiger partial charge in [0.15, 0.2) is 0 Å². The fourth-order valence-corrected chi connectivity index (χ4v) is 3.04. The zero-order chi connectivity index (χ0) is 16.9. The Bertz CT molecular complexity index is 720. The predicted octanol–water partition coefficient (Wildman–Crippen LogP) is 2.90. The van der Waals surface area contributed by atoms with Crippen molar-refractivity contribution in [2.75, 3.05) is 30.4 Å². The van der Waals surface area contributed by atoms with Crippen LogP contribution in [0.3, 0.4) is 0 Å². The Morgan fingerprint density at radius 1 is 1.42 bits per heavy atom. The molecule has 2 aromatic rings. The van der Waals surface area contributed by atoms with Crippen molar-refractivity contribution in [1.82, 2.24) is 5.32 Å². The summed E-state index contributed by atoms with van der Waals surface area (Å²) in [5.74, 6) is 0.657. The van der Waals surface area contributed by atoms with Gasteiger partial charge in [-0.1, -0.05) is 6.07 Å². The van der Waals surface area contributed by atoms with E-state index in [-0.39, 0.29) is 18.7 Å². The van der Waals surface area contributed by atoms with Crippen molar-refractivity contribution in [2.24, 2.45) is 0 Å². The summed E-state index contributed by atoms with van der Waals surface area (Å²) in [4.78, 5) is 25.4. The van der Waals surface area contributed by atoms with Crippen molar-refractivity contribution in [3.8, 4) is 5.75 Å². The number of carbonyl (C=O) groups excluding carboxylic acids is 2. The minimum Gasteiger partial charge on any atom is -0.497 e. The van der Waals surface area contributed by atoms with Gasteiger partial charge in [0.2, 0.25) is 0 Å². The van der Waals surface area contributed by atoms with Gasteiger partial charge >= 0.3 is 12.1 Å². The van der Waals surface area contributed by atoms with Gasteiger partial charge in [-0.3, -0.25) is 4.90 Å². The molecule has 1 fully saturated rings. The first-order valence-electron chi connectivity index (χ1n) is 7.36. The van der Waals surface area contributed by atoms with Crippen molar-refractivity contribution < 1.29 is 19.1 Å². The number of benzene rings is 1. The highest BCUT2D eigenvalue weighted by Crippen LogP contribution is 2.26. The number of hydrogen-bond donors (Lipinski definition) is 2. The second-order valence-electron chi connectivity index (χ2n) is 5.13. The summed E-state index contributed by atoms with van der Waals surface area (Å²) in [6.45, 7) is 0.655. The fraction of sp³-hybridized carbons (Fsp3) is 0.250. The Morgan fingerprint density at radius 3 is 3.04 bits per heavy atom. The van der Waals surface area contributed by atoms with Crippen LogP contribution in [0.4, 0.5) is 20.3 Å². The maximum absolute atomic E-state index is 11.9. The first kappa shape index (κ1) is 16.1. The zero-order valence-corrected chi connectivity index (χ0v) is 13.8. The van der Waals surface area contributed by atoms with Crippen LogP contribution in [0.2, 0.25) is 0 Å². The topological polar surface area (TPSA) is 79.9 Å². The number of urea groups is 1. The van der Waals surface area contributed by atoms with Crippen LogP contribution in [0.5, 0.6) is 5.75 Å². The molecule has 1 unspecified atom stereocenters. The monoisotopic (exact) mass is 347 g/mol. The number of amides is 3. The summed E-state index contributed by atoms with van der Waals surface area (Å²) >= 11 is 1.47. The Balaban J connectivity index is 1.49. The predicted molar refractivity (Wildman–Crippen MR) is 91.9 cm³/mol. The molecule has 0 bridgehead atoms. The molecule has 1 aromatic heterocycles. The molecule has 0 saturated carbocycles. The van der Waals surface area contributed by atoms with E-state index in [2.05, 4.69) is 10.6 Å². The minimum absolute atomic E-state index is 0.240. The summed E-state index contributed by atoms with van der Waals surface area (Å²) in [6.07, 6.45) is -0.770. The molecule has 3 amide bonds. The molecule has 2 N–H and O–H groups in total. The Morgan fingerprint density at radius 2 is 2.29 bits per heavy atom. The highest BCUT2D eigenvalue weighted by molar-refractivity contribution is 7.14. The number of nitrogens with zero attached hydrogens (tertiary/aromatic N) is 1. The standard InChI is InChI=1S/C16H17N3O4S/c1-22-12-5-2-4-11(8-12)18-15(20)17-9-13-10-19(16(21)23-13)14-6-3-7-24-14/h2-8,13H,9-10H2,1H3,(H2,17,18,20). The molecule has 1 aromatic carbocycles. The normalized spacial score (nSPS) is 16.6. The third-order valence-corrected chi connectivity index (χ3v) is 4.36. The molecule has 3 rings (SSSR count). The third kappa shape index (κ3) is 3.77. The van der Waals surface area contributed by atoms with Gasteiger partial charge in [0.05, 0.1) is 20.2 Å². The van der Waals surface area contributed by atoms with E-state index in [9.17, 15) is 9.59 Å². The summed E-state index contributed by atoms with van der Waals surface area (Å²) in [6, 6.07) is 10.4. The lowest BCUT2D eigenvalue weighted by Gasteiger charge is -2.12. The second kappa shape index (κ2) is 7.22. The lowest BCUT2D eigenvalue weighted by Crippen LogP contribution is -2.37. The van der Waals surface area contributed by atoms with Gasteiger partial charge < -0.3 is 20.1 Å². The molecular formula is C16H17N3O4S. The van der Waals surface area contributed by atoms with E-state index in [1.807, 2.05) is 17.5 Å². The maximum atomic E-state index is 11.9. The zero-order valence-electron chi connectivity index (χ0n) is 13.0. The summed E-state index contributed by atoms with van der Waals surface area (Å²) < 4.78 is 10.4. The molecule has 1 atom stereocenters. The van der Waals surface area contributed by atoms with Crippen molar-refractivity contribution in [2.45, 2.75) is 6.10 Å². The quantitative estimate of drug-likeness (QED) is 0.871. The largest absolute Gasteiger partial charge is 0.497 e. The van der Waals surface area contributed by atoms with Crippen LogP contribution in [0.1, 0.15) is 0 Å². The number of thiophene rings is 1. The number of cyclic esters (lactones) is 1. The number of methoxy groups -OCH3 is 1. The Hall–Kier alpha value is -2.74. The Labute approximate surface area is 143 Å². The van der Waals surface area contributed by atoms with Gasteiger partial charge in [-0.25, -0.2) is 9.59 Å². The molecule has 0 aliphatic carbocycles. The molecule has 24 heavy (non-hydrogen) atoms. The molecule has 0 radical (unpaired) electrons.